The van der Waals surface area contributed by atoms with E-state index in [-0.39, 0.29) is 0 Å². The summed E-state index contributed by atoms with van der Waals surface area (Å²) in [6.07, 6.45) is 4.88. The maximum Gasteiger partial charge on any atom is 0.115 e. The minimum Gasteiger partial charge on any atom is -0.468 e. The smallest absolute Gasteiger partial charge is 0.115 e. The van der Waals surface area contributed by atoms with Gasteiger partial charge in [0.25, 0.3) is 0 Å². The van der Waals surface area contributed by atoms with Gasteiger partial charge in [-0.1, -0.05) is 0 Å². The van der Waals surface area contributed by atoms with E-state index in [1.165, 1.54) is 6.33 Å². The molecule has 0 amide bonds. The third-order valence-electron chi connectivity index (χ3n) is 1.31. The molecule has 0 atom stereocenters. The average molecular weight is 424 g/mol. The second kappa shape index (κ2) is 8.10. The van der Waals surface area contributed by atoms with Gasteiger partial charge in [0.2, 0.25) is 0 Å². The van der Waals surface area contributed by atoms with Crippen LogP contribution in [-0.4, -0.2) is 29.6 Å². The molecule has 0 bridgehead atoms. The number of hydrogen-bond acceptors (Lipinski definition) is 4. The molecule has 0 saturated carbocycles. The van der Waals surface area contributed by atoms with Gasteiger partial charge in [0.05, 0.1) is 0 Å². The maximum atomic E-state index is 3.67. The second-order valence-corrected chi connectivity index (χ2v) is 2.27. The van der Waals surface area contributed by atoms with Crippen molar-refractivity contribution in [2.24, 2.45) is 0 Å². The zero-order chi connectivity index (χ0) is 8.49. The molecule has 1 aliphatic heterocycles. The molecule has 2 rings (SSSR count). The first kappa shape index (κ1) is 11.0. The van der Waals surface area contributed by atoms with Crippen molar-refractivity contribution >= 4 is 0 Å². The number of rotatable bonds is 0. The van der Waals surface area contributed by atoms with E-state index in [1.807, 2.05) is 6.54 Å². The predicted octanol–water partition coefficient (Wildman–Crippen LogP) is -0.182. The Morgan fingerprint density at radius 1 is 1.15 bits per heavy atom. The Morgan fingerprint density at radius 3 is 2.08 bits per heavy atom. The van der Waals surface area contributed by atoms with Crippen LogP contribution in [0.3, 0.4) is 0 Å². The summed E-state index contributed by atoms with van der Waals surface area (Å²) in [4.78, 5) is 7.35. The minimum absolute atomic E-state index is 0. The van der Waals surface area contributed by atoms with Crippen LogP contribution in [0.5, 0.6) is 0 Å². The van der Waals surface area contributed by atoms with Crippen molar-refractivity contribution in [3.63, 3.8) is 0 Å². The summed E-state index contributed by atoms with van der Waals surface area (Å²) in [6, 6.07) is 1.78. The van der Waals surface area contributed by atoms with E-state index < -0.39 is 0 Å². The third kappa shape index (κ3) is 6.40. The number of nitrogens with zero attached hydrogens (tertiary/aromatic N) is 2. The summed E-state index contributed by atoms with van der Waals surface area (Å²) in [6.45, 7) is 5.24. The van der Waals surface area contributed by atoms with E-state index in [1.54, 1.807) is 18.5 Å². The summed E-state index contributed by atoms with van der Waals surface area (Å²) in [5.41, 5.74) is 0. The largest absolute Gasteiger partial charge is 0.468 e. The molecule has 80 valence electrons. The van der Waals surface area contributed by atoms with Crippen LogP contribution < -0.4 is 10.6 Å². The van der Waals surface area contributed by atoms with E-state index in [0.29, 0.717) is 0 Å². The summed E-state index contributed by atoms with van der Waals surface area (Å²) >= 11 is 0. The van der Waals surface area contributed by atoms with Gasteiger partial charge < -0.3 is 10.6 Å². The first-order valence-corrected chi connectivity index (χ1v) is 3.96. The Hall–Kier alpha value is -2.00. The van der Waals surface area contributed by atoms with Gasteiger partial charge in [-0.25, -0.2) is 9.97 Å². The van der Waals surface area contributed by atoms with Crippen LogP contribution in [0.4, 0.5) is 0 Å². The fourth-order valence-electron chi connectivity index (χ4n) is 0.762. The van der Waals surface area contributed by atoms with Gasteiger partial charge in [-0.3, -0.25) is 6.54 Å². The summed E-state index contributed by atoms with van der Waals surface area (Å²) < 4.78 is 0. The number of piperazine rings is 1. The Balaban J connectivity index is 0.000000206. The zero-order valence-electron chi connectivity index (χ0n) is 7.17. The van der Waals surface area contributed by atoms with E-state index >= 15 is 0 Å². The van der Waals surface area contributed by atoms with Gasteiger partial charge in [0.15, 0.2) is 0 Å². The second-order valence-electron chi connectivity index (χ2n) is 2.27. The molecular formula is C8H13N4No-. The molecule has 2 heterocycles. The Labute approximate surface area is 72.4 Å². The molecule has 1 aliphatic rings. The molecule has 13 heavy (non-hydrogen) atoms. The van der Waals surface area contributed by atoms with E-state index in [2.05, 4.69) is 20.6 Å². The molecule has 0 radical (unpaired) electrons. The van der Waals surface area contributed by atoms with Gasteiger partial charge in [0.1, 0.15) is 6.33 Å². The normalized spacial score (nSPS) is 14.8. The molecule has 1 saturated heterocycles. The number of aromatic nitrogens is 2. The minimum atomic E-state index is 0. The molecule has 1 aromatic rings. The Morgan fingerprint density at radius 2 is 1.92 bits per heavy atom. The topological polar surface area (TPSA) is 49.8 Å². The summed E-state index contributed by atoms with van der Waals surface area (Å²) in [5.74, 6) is 0. The number of nitrogens with one attached hydrogen (secondary N) is 2. The quantitative estimate of drug-likeness (QED) is 0.568. The first-order valence-electron chi connectivity index (χ1n) is 3.96. The van der Waals surface area contributed by atoms with Gasteiger partial charge in [-0.2, -0.15) is 0 Å². The van der Waals surface area contributed by atoms with Crippen molar-refractivity contribution in [1.82, 2.24) is 20.6 Å². The molecule has 1 fully saturated rings. The van der Waals surface area contributed by atoms with Crippen molar-refractivity contribution in [1.29, 1.82) is 0 Å². The van der Waals surface area contributed by atoms with Crippen molar-refractivity contribution in [3.8, 4) is 0 Å². The third-order valence-corrected chi connectivity index (χ3v) is 1.31. The molecule has 0 unspecified atom stereocenters. The summed E-state index contributed by atoms with van der Waals surface area (Å²) in [7, 11) is 0. The first-order chi connectivity index (χ1) is 6.00. The fraction of sp³-hybridized carbons (Fsp3) is 0.375. The SMILES string of the molecule is [CH-]1CNCCN1.[No].c1cncnc1. The Kier molecular flexibility index (Phi) is 6.85. The van der Waals surface area contributed by atoms with Gasteiger partial charge in [-0.15, -0.1) is 6.54 Å². The fourth-order valence-corrected chi connectivity index (χ4v) is 0.762. The summed E-state index contributed by atoms with van der Waals surface area (Å²) in [5, 5.41) is 6.26. The zero-order valence-corrected chi connectivity index (χ0v) is 9.40. The van der Waals surface area contributed by atoms with Crippen LogP contribution >= 0.6 is 0 Å². The number of hydrogen-bond donors (Lipinski definition) is 2. The maximum absolute atomic E-state index is 3.67. The van der Waals surface area contributed by atoms with Crippen LogP contribution in [0, 0.1) is 6.54 Å². The van der Waals surface area contributed by atoms with Crippen LogP contribution in [0.15, 0.2) is 24.8 Å². The van der Waals surface area contributed by atoms with E-state index in [0.717, 1.165) is 19.6 Å². The van der Waals surface area contributed by atoms with E-state index in [4.69, 9.17) is 0 Å². The van der Waals surface area contributed by atoms with Crippen molar-refractivity contribution < 1.29 is 0 Å². The van der Waals surface area contributed by atoms with Crippen molar-refractivity contribution in [2.45, 2.75) is 0 Å². The van der Waals surface area contributed by atoms with Crippen LogP contribution in [0.2, 0.25) is 0 Å². The van der Waals surface area contributed by atoms with Gasteiger partial charge >= 0.3 is 0 Å². The average Bonchev–Trinajstić information content (AvgIpc) is 2.24. The molecular weight excluding hydrogens is 411 g/mol. The van der Waals surface area contributed by atoms with Crippen molar-refractivity contribution in [3.05, 3.63) is 31.3 Å². The van der Waals surface area contributed by atoms with Crippen LogP contribution in [-0.2, 0) is 0 Å². The molecule has 0 aliphatic carbocycles. The van der Waals surface area contributed by atoms with Gasteiger partial charge in [0, 0.05) is 18.9 Å². The van der Waals surface area contributed by atoms with Crippen LogP contribution in [0.25, 0.3) is 0 Å². The molecule has 5 heteroatoms. The Bertz CT molecular complexity index is 141. The van der Waals surface area contributed by atoms with Crippen molar-refractivity contribution in [2.75, 3.05) is 19.6 Å². The molecule has 0 aromatic carbocycles. The monoisotopic (exact) mass is 424 g/mol. The standard InChI is InChI=1S/C4H9N2.C4H4N2.No/c1-2-6-4-3-5-1;1-2-5-4-6-3-1;/h1,5-6H,2-4H2;1-4H;/q-1;;. The predicted molar refractivity (Wildman–Crippen MR) is 47.2 cm³/mol. The van der Waals surface area contributed by atoms with Gasteiger partial charge in [-0.05, 0) is 12.6 Å². The molecule has 4 nitrogen and oxygen atoms in total. The molecule has 1 aromatic heterocycles. The van der Waals surface area contributed by atoms with E-state index in [9.17, 15) is 0 Å². The van der Waals surface area contributed by atoms with Crippen LogP contribution in [0.1, 0.15) is 0 Å². The molecule has 0 spiro atoms. The molecule has 2 N–H and O–H groups in total.